The zero-order chi connectivity index (χ0) is 11.0. The van der Waals surface area contributed by atoms with Crippen molar-refractivity contribution in [3.63, 3.8) is 0 Å². The van der Waals surface area contributed by atoms with Crippen LogP contribution in [0.2, 0.25) is 0 Å². The Bertz CT molecular complexity index is 390. The second-order valence-corrected chi connectivity index (χ2v) is 5.67. The fourth-order valence-electron chi connectivity index (χ4n) is 2.84. The molecule has 0 spiro atoms. The molecule has 0 unspecified atom stereocenters. The Labute approximate surface area is 98.0 Å². The third-order valence-electron chi connectivity index (χ3n) is 4.20. The van der Waals surface area contributed by atoms with Crippen molar-refractivity contribution in [2.24, 2.45) is 5.73 Å². The maximum atomic E-state index is 6.10. The average molecular weight is 215 g/mol. The van der Waals surface area contributed by atoms with Crippen molar-refractivity contribution >= 4 is 0 Å². The predicted octanol–water partition coefficient (Wildman–Crippen LogP) is 2.99. The topological polar surface area (TPSA) is 26.0 Å². The number of hydrogen-bond acceptors (Lipinski definition) is 1. The minimum atomic E-state index is 0.233. The molecule has 1 saturated carbocycles. The minimum absolute atomic E-state index is 0.233. The fourth-order valence-corrected chi connectivity index (χ4v) is 2.84. The van der Waals surface area contributed by atoms with E-state index < -0.39 is 0 Å². The van der Waals surface area contributed by atoms with Gasteiger partial charge in [-0.15, -0.1) is 0 Å². The van der Waals surface area contributed by atoms with Crippen molar-refractivity contribution in [3.8, 4) is 0 Å². The number of nitrogens with two attached hydrogens (primary N) is 1. The Kier molecular flexibility index (Phi) is 2.51. The Balaban J connectivity index is 1.58. The molecule has 3 rings (SSSR count). The van der Waals surface area contributed by atoms with Crippen LogP contribution < -0.4 is 5.73 Å². The smallest absolute Gasteiger partial charge is 0.0155 e. The summed E-state index contributed by atoms with van der Waals surface area (Å²) in [4.78, 5) is 0. The predicted molar refractivity (Wildman–Crippen MR) is 67.6 cm³/mol. The van der Waals surface area contributed by atoms with E-state index >= 15 is 0 Å². The molecule has 1 aromatic carbocycles. The summed E-state index contributed by atoms with van der Waals surface area (Å²) in [7, 11) is 0. The van der Waals surface area contributed by atoms with E-state index in [1.54, 1.807) is 11.1 Å². The lowest BCUT2D eigenvalue weighted by atomic mass is 10.0. The molecule has 0 atom stereocenters. The lowest BCUT2D eigenvalue weighted by molar-refractivity contribution is 0.576. The number of hydrogen-bond donors (Lipinski definition) is 1. The van der Waals surface area contributed by atoms with E-state index in [0.29, 0.717) is 0 Å². The van der Waals surface area contributed by atoms with Crippen LogP contribution in [0.15, 0.2) is 18.2 Å². The van der Waals surface area contributed by atoms with Gasteiger partial charge in [0.2, 0.25) is 0 Å². The van der Waals surface area contributed by atoms with Gasteiger partial charge in [0.05, 0.1) is 0 Å². The van der Waals surface area contributed by atoms with Crippen molar-refractivity contribution in [1.29, 1.82) is 0 Å². The van der Waals surface area contributed by atoms with Gasteiger partial charge >= 0.3 is 0 Å². The number of aryl methyl sites for hydroxylation is 3. The summed E-state index contributed by atoms with van der Waals surface area (Å²) in [5.74, 6) is 0. The van der Waals surface area contributed by atoms with Crippen LogP contribution in [0.3, 0.4) is 0 Å². The van der Waals surface area contributed by atoms with Crippen LogP contribution in [0.5, 0.6) is 0 Å². The summed E-state index contributed by atoms with van der Waals surface area (Å²) in [6, 6.07) is 7.09. The standard InChI is InChI=1S/C15H21N/c16-15(9-10-15)8-2-3-12-6-7-13-4-1-5-14(13)11-12/h6-7,11H,1-5,8-10,16H2. The number of fused-ring (bicyclic) bond motifs is 1. The Morgan fingerprint density at radius 1 is 1.12 bits per heavy atom. The molecular formula is C15H21N. The van der Waals surface area contributed by atoms with Gasteiger partial charge in [-0.05, 0) is 68.1 Å². The molecule has 2 aliphatic carbocycles. The van der Waals surface area contributed by atoms with E-state index in [0.717, 1.165) is 0 Å². The van der Waals surface area contributed by atoms with E-state index in [1.807, 2.05) is 0 Å². The highest BCUT2D eigenvalue weighted by atomic mass is 14.8. The van der Waals surface area contributed by atoms with Gasteiger partial charge < -0.3 is 5.73 Å². The molecular weight excluding hydrogens is 194 g/mol. The highest BCUT2D eigenvalue weighted by Crippen LogP contribution is 2.37. The van der Waals surface area contributed by atoms with Gasteiger partial charge in [-0.3, -0.25) is 0 Å². The van der Waals surface area contributed by atoms with Crippen LogP contribution in [-0.4, -0.2) is 5.54 Å². The summed E-state index contributed by atoms with van der Waals surface area (Å²) in [5, 5.41) is 0. The maximum Gasteiger partial charge on any atom is 0.0155 e. The molecule has 2 N–H and O–H groups in total. The molecule has 0 aromatic heterocycles. The minimum Gasteiger partial charge on any atom is -0.325 e. The lowest BCUT2D eigenvalue weighted by Gasteiger charge is -2.08. The number of benzene rings is 1. The van der Waals surface area contributed by atoms with Crippen molar-refractivity contribution in [3.05, 3.63) is 34.9 Å². The first-order chi connectivity index (χ1) is 7.75. The molecule has 1 heteroatoms. The Morgan fingerprint density at radius 3 is 2.75 bits per heavy atom. The van der Waals surface area contributed by atoms with E-state index in [9.17, 15) is 0 Å². The molecule has 1 nitrogen and oxygen atoms in total. The van der Waals surface area contributed by atoms with Crippen LogP contribution in [0.25, 0.3) is 0 Å². The van der Waals surface area contributed by atoms with Crippen molar-refractivity contribution in [2.75, 3.05) is 0 Å². The zero-order valence-corrected chi connectivity index (χ0v) is 9.97. The summed E-state index contributed by atoms with van der Waals surface area (Å²) in [5.41, 5.74) is 11.0. The summed E-state index contributed by atoms with van der Waals surface area (Å²) < 4.78 is 0. The third kappa shape index (κ3) is 2.15. The lowest BCUT2D eigenvalue weighted by Crippen LogP contribution is -2.21. The highest BCUT2D eigenvalue weighted by molar-refractivity contribution is 5.35. The maximum absolute atomic E-state index is 6.10. The first kappa shape index (κ1) is 10.3. The monoisotopic (exact) mass is 215 g/mol. The SMILES string of the molecule is NC1(CCCc2ccc3c(c2)CCC3)CC1. The van der Waals surface area contributed by atoms with Crippen LogP contribution in [0.1, 0.15) is 48.8 Å². The first-order valence-electron chi connectivity index (χ1n) is 6.65. The second-order valence-electron chi connectivity index (χ2n) is 5.67. The van der Waals surface area contributed by atoms with Crippen molar-refractivity contribution < 1.29 is 0 Å². The molecule has 0 saturated heterocycles. The van der Waals surface area contributed by atoms with Crippen LogP contribution in [0, 0.1) is 0 Å². The van der Waals surface area contributed by atoms with Gasteiger partial charge in [-0.25, -0.2) is 0 Å². The van der Waals surface area contributed by atoms with Crippen LogP contribution >= 0.6 is 0 Å². The summed E-state index contributed by atoms with van der Waals surface area (Å²) in [6.07, 6.45) is 10.1. The largest absolute Gasteiger partial charge is 0.325 e. The molecule has 16 heavy (non-hydrogen) atoms. The zero-order valence-electron chi connectivity index (χ0n) is 9.97. The Hall–Kier alpha value is -0.820. The van der Waals surface area contributed by atoms with E-state index in [2.05, 4.69) is 18.2 Å². The molecule has 0 aliphatic heterocycles. The van der Waals surface area contributed by atoms with Gasteiger partial charge in [-0.2, -0.15) is 0 Å². The van der Waals surface area contributed by atoms with Crippen LogP contribution in [0.4, 0.5) is 0 Å². The van der Waals surface area contributed by atoms with Crippen molar-refractivity contribution in [1.82, 2.24) is 0 Å². The summed E-state index contributed by atoms with van der Waals surface area (Å²) in [6.45, 7) is 0. The van der Waals surface area contributed by atoms with Gasteiger partial charge in [0, 0.05) is 5.54 Å². The molecule has 1 aromatic rings. The van der Waals surface area contributed by atoms with E-state index in [1.165, 1.54) is 56.9 Å². The van der Waals surface area contributed by atoms with Gasteiger partial charge in [0.25, 0.3) is 0 Å². The second kappa shape index (κ2) is 3.89. The molecule has 0 amide bonds. The van der Waals surface area contributed by atoms with Gasteiger partial charge in [0.15, 0.2) is 0 Å². The third-order valence-corrected chi connectivity index (χ3v) is 4.20. The normalized spacial score (nSPS) is 20.8. The highest BCUT2D eigenvalue weighted by Gasteiger charge is 2.36. The fraction of sp³-hybridized carbons (Fsp3) is 0.600. The Morgan fingerprint density at radius 2 is 1.94 bits per heavy atom. The molecule has 86 valence electrons. The molecule has 0 radical (unpaired) electrons. The van der Waals surface area contributed by atoms with Crippen LogP contribution in [-0.2, 0) is 19.3 Å². The number of rotatable bonds is 4. The van der Waals surface area contributed by atoms with Gasteiger partial charge in [0.1, 0.15) is 0 Å². The van der Waals surface area contributed by atoms with E-state index in [4.69, 9.17) is 5.73 Å². The van der Waals surface area contributed by atoms with Gasteiger partial charge in [-0.1, -0.05) is 18.2 Å². The van der Waals surface area contributed by atoms with Crippen molar-refractivity contribution in [2.45, 2.75) is 56.9 Å². The van der Waals surface area contributed by atoms with E-state index in [-0.39, 0.29) is 5.54 Å². The average Bonchev–Trinajstić information content (AvgIpc) is 2.84. The first-order valence-corrected chi connectivity index (χ1v) is 6.65. The summed E-state index contributed by atoms with van der Waals surface area (Å²) >= 11 is 0. The molecule has 1 fully saturated rings. The molecule has 2 aliphatic rings. The molecule has 0 heterocycles. The molecule has 0 bridgehead atoms. The quantitative estimate of drug-likeness (QED) is 0.821.